The minimum absolute atomic E-state index is 0.0379. The van der Waals surface area contributed by atoms with Crippen molar-refractivity contribution < 1.29 is 23.4 Å². The summed E-state index contributed by atoms with van der Waals surface area (Å²) in [6.45, 7) is 1.97. The van der Waals surface area contributed by atoms with Crippen LogP contribution in [-0.2, 0) is 10.0 Å². The van der Waals surface area contributed by atoms with Crippen LogP contribution < -0.4 is 0 Å². The summed E-state index contributed by atoms with van der Waals surface area (Å²) in [7, 11) is -3.81. The van der Waals surface area contributed by atoms with E-state index in [1.54, 1.807) is 6.92 Å². The van der Waals surface area contributed by atoms with Crippen LogP contribution >= 0.6 is 15.9 Å². The fraction of sp³-hybridized carbons (Fsp3) is 0.462. The predicted molar refractivity (Wildman–Crippen MR) is 79.8 cm³/mol. The Morgan fingerprint density at radius 3 is 2.67 bits per heavy atom. The van der Waals surface area contributed by atoms with Gasteiger partial charge in [-0.15, -0.1) is 0 Å². The molecule has 0 aromatic heterocycles. The molecule has 1 aliphatic heterocycles. The Kier molecular flexibility index (Phi) is 4.72. The van der Waals surface area contributed by atoms with Gasteiger partial charge in [0.2, 0.25) is 10.0 Å². The number of hydrogen-bond acceptors (Lipinski definition) is 4. The summed E-state index contributed by atoms with van der Waals surface area (Å²) in [5.74, 6) is -1.18. The summed E-state index contributed by atoms with van der Waals surface area (Å²) >= 11 is 3.20. The highest BCUT2D eigenvalue weighted by Gasteiger charge is 2.30. The molecular formula is C13H16BrNO5S. The zero-order chi connectivity index (χ0) is 15.8. The van der Waals surface area contributed by atoms with E-state index in [0.29, 0.717) is 29.4 Å². The molecule has 1 fully saturated rings. The first-order valence-corrected chi connectivity index (χ1v) is 8.68. The highest BCUT2D eigenvalue weighted by molar-refractivity contribution is 9.10. The van der Waals surface area contributed by atoms with Crippen molar-refractivity contribution in [3.8, 4) is 0 Å². The summed E-state index contributed by atoms with van der Waals surface area (Å²) < 4.78 is 26.8. The van der Waals surface area contributed by atoms with E-state index < -0.39 is 22.1 Å². The van der Waals surface area contributed by atoms with Gasteiger partial charge in [0.15, 0.2) is 0 Å². The van der Waals surface area contributed by atoms with Crippen LogP contribution in [0, 0.1) is 6.92 Å². The molecule has 1 aromatic rings. The molecule has 0 bridgehead atoms. The third kappa shape index (κ3) is 3.28. The molecule has 6 nitrogen and oxygen atoms in total. The van der Waals surface area contributed by atoms with Crippen LogP contribution in [-0.4, -0.2) is 48.1 Å². The molecule has 0 amide bonds. The van der Waals surface area contributed by atoms with Crippen LogP contribution in [0.3, 0.4) is 0 Å². The molecule has 1 atom stereocenters. The number of carbonyl (C=O) groups is 1. The molecule has 116 valence electrons. The van der Waals surface area contributed by atoms with Crippen LogP contribution in [0.25, 0.3) is 0 Å². The van der Waals surface area contributed by atoms with E-state index in [-0.39, 0.29) is 17.0 Å². The fourth-order valence-corrected chi connectivity index (χ4v) is 4.49. The maximum absolute atomic E-state index is 12.6. The van der Waals surface area contributed by atoms with E-state index in [2.05, 4.69) is 15.9 Å². The summed E-state index contributed by atoms with van der Waals surface area (Å²) in [5.41, 5.74) is 0.417. The molecule has 0 saturated carbocycles. The van der Waals surface area contributed by atoms with E-state index in [0.717, 1.165) is 0 Å². The molecule has 1 aromatic carbocycles. The van der Waals surface area contributed by atoms with Gasteiger partial charge in [0, 0.05) is 17.6 Å². The summed E-state index contributed by atoms with van der Waals surface area (Å²) in [6.07, 6.45) is 0.477. The van der Waals surface area contributed by atoms with Crippen LogP contribution in [0.1, 0.15) is 28.8 Å². The Morgan fingerprint density at radius 1 is 1.43 bits per heavy atom. The Morgan fingerprint density at radius 2 is 2.10 bits per heavy atom. The number of sulfonamides is 1. The normalized spacial score (nSPS) is 20.4. The quantitative estimate of drug-likeness (QED) is 0.833. The molecule has 2 N–H and O–H groups in total. The highest BCUT2D eigenvalue weighted by atomic mass is 79.9. The molecule has 0 spiro atoms. The van der Waals surface area contributed by atoms with Crippen LogP contribution in [0.4, 0.5) is 0 Å². The molecule has 2 rings (SSSR count). The number of β-amino-alcohol motifs (C(OH)–C–C–N with tert-alkyl or cyclic N) is 1. The number of aliphatic hydroxyl groups is 1. The number of carboxylic acids is 1. The molecule has 1 heterocycles. The lowest BCUT2D eigenvalue weighted by atomic mass is 10.1. The number of aromatic carboxylic acids is 1. The van der Waals surface area contributed by atoms with E-state index in [9.17, 15) is 18.3 Å². The topological polar surface area (TPSA) is 94.9 Å². The van der Waals surface area contributed by atoms with E-state index in [1.165, 1.54) is 16.4 Å². The number of nitrogens with zero attached hydrogens (tertiary/aromatic N) is 1. The zero-order valence-corrected chi connectivity index (χ0v) is 13.8. The Labute approximate surface area is 131 Å². The lowest BCUT2D eigenvalue weighted by Gasteiger charge is -2.29. The standard InChI is InChI=1S/C13H16BrNO5S/c1-8-11(13(17)18)5-10(6-12(8)14)21(19,20)15-4-2-3-9(16)7-15/h5-6,9,16H,2-4,7H2,1H3,(H,17,18)/t9-/m0/s1. The van der Waals surface area contributed by atoms with Gasteiger partial charge in [0.1, 0.15) is 0 Å². The first kappa shape index (κ1) is 16.4. The molecule has 0 radical (unpaired) electrons. The van der Waals surface area contributed by atoms with Crippen molar-refractivity contribution in [3.63, 3.8) is 0 Å². The van der Waals surface area contributed by atoms with Gasteiger partial charge in [-0.3, -0.25) is 0 Å². The smallest absolute Gasteiger partial charge is 0.336 e. The molecule has 1 saturated heterocycles. The molecule has 0 aliphatic carbocycles. The molecule has 8 heteroatoms. The van der Waals surface area contributed by atoms with E-state index >= 15 is 0 Å². The molecule has 0 unspecified atom stereocenters. The number of halogens is 1. The number of piperidine rings is 1. The second-order valence-corrected chi connectivity index (χ2v) is 7.83. The van der Waals surface area contributed by atoms with Crippen LogP contribution in [0.15, 0.2) is 21.5 Å². The van der Waals surface area contributed by atoms with Gasteiger partial charge >= 0.3 is 5.97 Å². The summed E-state index contributed by atoms with van der Waals surface area (Å²) in [4.78, 5) is 11.1. The van der Waals surface area contributed by atoms with Crippen molar-refractivity contribution in [1.29, 1.82) is 0 Å². The van der Waals surface area contributed by atoms with Crippen molar-refractivity contribution in [3.05, 3.63) is 27.7 Å². The SMILES string of the molecule is Cc1c(Br)cc(S(=O)(=O)N2CCC[C@H](O)C2)cc1C(=O)O. The second-order valence-electron chi connectivity index (χ2n) is 5.04. The van der Waals surface area contributed by atoms with Crippen LogP contribution in [0.5, 0.6) is 0 Å². The fourth-order valence-electron chi connectivity index (χ4n) is 2.31. The number of aliphatic hydroxyl groups excluding tert-OH is 1. The lowest BCUT2D eigenvalue weighted by Crippen LogP contribution is -2.42. The largest absolute Gasteiger partial charge is 0.478 e. The second kappa shape index (κ2) is 6.04. The van der Waals surface area contributed by atoms with Crippen molar-refractivity contribution >= 4 is 31.9 Å². The first-order valence-electron chi connectivity index (χ1n) is 6.45. The van der Waals surface area contributed by atoms with E-state index in [1.807, 2.05) is 0 Å². The monoisotopic (exact) mass is 377 g/mol. The molecular weight excluding hydrogens is 362 g/mol. The Balaban J connectivity index is 2.47. The van der Waals surface area contributed by atoms with Gasteiger partial charge in [-0.2, -0.15) is 4.31 Å². The van der Waals surface area contributed by atoms with Gasteiger partial charge in [0.25, 0.3) is 0 Å². The van der Waals surface area contributed by atoms with Crippen molar-refractivity contribution in [2.75, 3.05) is 13.1 Å². The maximum Gasteiger partial charge on any atom is 0.336 e. The Bertz CT molecular complexity index is 673. The number of hydrogen-bond donors (Lipinski definition) is 2. The minimum atomic E-state index is -3.81. The van der Waals surface area contributed by atoms with Crippen LogP contribution in [0.2, 0.25) is 0 Å². The lowest BCUT2D eigenvalue weighted by molar-refractivity contribution is 0.0695. The number of rotatable bonds is 3. The third-order valence-electron chi connectivity index (χ3n) is 3.55. The molecule has 21 heavy (non-hydrogen) atoms. The van der Waals surface area contributed by atoms with Crippen molar-refractivity contribution in [2.45, 2.75) is 30.8 Å². The number of carboxylic acid groups (broad SMARTS) is 1. The van der Waals surface area contributed by atoms with Crippen molar-refractivity contribution in [2.24, 2.45) is 0 Å². The Hall–Kier alpha value is -0.960. The van der Waals surface area contributed by atoms with Gasteiger partial charge in [-0.25, -0.2) is 13.2 Å². The first-order chi connectivity index (χ1) is 9.73. The zero-order valence-electron chi connectivity index (χ0n) is 11.4. The number of benzene rings is 1. The van der Waals surface area contributed by atoms with E-state index in [4.69, 9.17) is 5.11 Å². The molecule has 1 aliphatic rings. The van der Waals surface area contributed by atoms with Gasteiger partial charge in [0.05, 0.1) is 16.6 Å². The predicted octanol–water partition coefficient (Wildman–Crippen LogP) is 1.60. The maximum atomic E-state index is 12.6. The van der Waals surface area contributed by atoms with Gasteiger partial charge < -0.3 is 10.2 Å². The highest BCUT2D eigenvalue weighted by Crippen LogP contribution is 2.28. The average molecular weight is 378 g/mol. The summed E-state index contributed by atoms with van der Waals surface area (Å²) in [5, 5.41) is 18.8. The third-order valence-corrected chi connectivity index (χ3v) is 6.21. The van der Waals surface area contributed by atoms with Gasteiger partial charge in [-0.1, -0.05) is 15.9 Å². The average Bonchev–Trinajstić information content (AvgIpc) is 2.41. The van der Waals surface area contributed by atoms with Crippen molar-refractivity contribution in [1.82, 2.24) is 4.31 Å². The van der Waals surface area contributed by atoms with Gasteiger partial charge in [-0.05, 0) is 37.5 Å². The minimum Gasteiger partial charge on any atom is -0.478 e. The summed E-state index contributed by atoms with van der Waals surface area (Å²) in [6, 6.07) is 2.57.